The van der Waals surface area contributed by atoms with Gasteiger partial charge in [0.1, 0.15) is 17.3 Å². The maximum Gasteiger partial charge on any atom is 0.435 e. The van der Waals surface area contributed by atoms with Crippen LogP contribution in [0.4, 0.5) is 18.9 Å². The number of halogens is 4. The quantitative estimate of drug-likeness (QED) is 0.673. The minimum Gasteiger partial charge on any atom is -0.359 e. The number of benzene rings is 1. The van der Waals surface area contributed by atoms with Gasteiger partial charge >= 0.3 is 6.18 Å². The lowest BCUT2D eigenvalue weighted by Crippen LogP contribution is -2.08. The summed E-state index contributed by atoms with van der Waals surface area (Å²) in [5, 5.41) is 28.6. The van der Waals surface area contributed by atoms with Crippen LogP contribution in [0.5, 0.6) is 0 Å². The number of alkyl halides is 3. The molecule has 3 aromatic rings. The normalized spacial score (nSPS) is 12.0. The molecule has 0 saturated carbocycles. The topological polar surface area (TPSA) is 108 Å². The second-order valence-corrected chi connectivity index (χ2v) is 5.24. The van der Waals surface area contributed by atoms with Gasteiger partial charge in [-0.1, -0.05) is 17.7 Å². The van der Waals surface area contributed by atoms with E-state index < -0.39 is 11.9 Å². The van der Waals surface area contributed by atoms with Gasteiger partial charge in [0.05, 0.1) is 10.7 Å². The van der Waals surface area contributed by atoms with E-state index in [4.69, 9.17) is 16.9 Å². The molecule has 0 saturated heterocycles. The SMILES string of the molecule is N#CC(=CNc1cccc(Cl)c1-n1ccc(C(F)(F)F)n1)c1nn[nH]n1. The average molecular weight is 381 g/mol. The molecular weight excluding hydrogens is 373 g/mol. The number of aromatic amines is 1. The number of nitriles is 1. The standard InChI is InChI=1S/C14H8ClF3N8/c15-9-2-1-3-10(20-7-8(6-19)13-21-24-25-22-13)12(9)26-5-4-11(23-26)14(16,17)18/h1-5,7,20H,(H,21,22,24,25). The fourth-order valence-corrected chi connectivity index (χ4v) is 2.30. The number of para-hydroxylation sites is 1. The van der Waals surface area contributed by atoms with Crippen LogP contribution >= 0.6 is 11.6 Å². The van der Waals surface area contributed by atoms with Crippen LogP contribution in [0.25, 0.3) is 11.3 Å². The van der Waals surface area contributed by atoms with Gasteiger partial charge in [0, 0.05) is 12.4 Å². The number of nitrogens with zero attached hydrogens (tertiary/aromatic N) is 6. The van der Waals surface area contributed by atoms with Crippen molar-refractivity contribution in [3.8, 4) is 11.8 Å². The van der Waals surface area contributed by atoms with E-state index in [1.54, 1.807) is 12.1 Å². The molecule has 2 heterocycles. The van der Waals surface area contributed by atoms with Crippen molar-refractivity contribution in [1.82, 2.24) is 30.4 Å². The Bertz CT molecular complexity index is 985. The van der Waals surface area contributed by atoms with E-state index in [-0.39, 0.29) is 22.1 Å². The molecule has 0 radical (unpaired) electrons. The van der Waals surface area contributed by atoms with Gasteiger partial charge < -0.3 is 5.32 Å². The third-order valence-corrected chi connectivity index (χ3v) is 3.48. The summed E-state index contributed by atoms with van der Waals surface area (Å²) in [4.78, 5) is 0. The van der Waals surface area contributed by atoms with E-state index in [1.165, 1.54) is 12.3 Å². The van der Waals surface area contributed by atoms with Crippen LogP contribution in [0.2, 0.25) is 5.02 Å². The Labute approximate surface area is 148 Å². The van der Waals surface area contributed by atoms with Crippen molar-refractivity contribution in [2.24, 2.45) is 0 Å². The fraction of sp³-hybridized carbons (Fsp3) is 0.0714. The monoisotopic (exact) mass is 380 g/mol. The number of allylic oxidation sites excluding steroid dienone is 1. The number of anilines is 1. The smallest absolute Gasteiger partial charge is 0.359 e. The van der Waals surface area contributed by atoms with Crippen LogP contribution in [0.1, 0.15) is 11.5 Å². The second-order valence-electron chi connectivity index (χ2n) is 4.83. The Balaban J connectivity index is 1.98. The molecule has 0 atom stereocenters. The summed E-state index contributed by atoms with van der Waals surface area (Å²) < 4.78 is 39.3. The average Bonchev–Trinajstić information content (AvgIpc) is 3.27. The first kappa shape index (κ1) is 17.4. The Morgan fingerprint density at radius 1 is 1.35 bits per heavy atom. The number of aromatic nitrogens is 6. The summed E-state index contributed by atoms with van der Waals surface area (Å²) in [5.41, 5.74) is -0.485. The van der Waals surface area contributed by atoms with Crippen molar-refractivity contribution in [3.63, 3.8) is 0 Å². The van der Waals surface area contributed by atoms with Crippen molar-refractivity contribution >= 4 is 22.9 Å². The molecule has 12 heteroatoms. The predicted octanol–water partition coefficient (Wildman–Crippen LogP) is 3.03. The first-order valence-electron chi connectivity index (χ1n) is 6.92. The summed E-state index contributed by atoms with van der Waals surface area (Å²) in [6.45, 7) is 0. The van der Waals surface area contributed by atoms with E-state index >= 15 is 0 Å². The minimum absolute atomic E-state index is 0.0566. The molecule has 0 bridgehead atoms. The highest BCUT2D eigenvalue weighted by Crippen LogP contribution is 2.32. The van der Waals surface area contributed by atoms with Crippen LogP contribution in [-0.4, -0.2) is 30.4 Å². The molecule has 0 amide bonds. The molecule has 0 fully saturated rings. The second kappa shape index (κ2) is 6.85. The summed E-state index contributed by atoms with van der Waals surface area (Å²) in [6, 6.07) is 7.38. The van der Waals surface area contributed by atoms with Gasteiger partial charge in [0.2, 0.25) is 5.82 Å². The van der Waals surface area contributed by atoms with Crippen LogP contribution in [0.15, 0.2) is 36.7 Å². The number of H-pyrrole nitrogens is 1. The summed E-state index contributed by atoms with van der Waals surface area (Å²) in [7, 11) is 0. The fourth-order valence-electron chi connectivity index (χ4n) is 2.04. The van der Waals surface area contributed by atoms with Gasteiger partial charge in [0.15, 0.2) is 5.69 Å². The van der Waals surface area contributed by atoms with E-state index in [9.17, 15) is 13.2 Å². The van der Waals surface area contributed by atoms with E-state index in [1.807, 2.05) is 6.07 Å². The largest absolute Gasteiger partial charge is 0.435 e. The Morgan fingerprint density at radius 3 is 2.77 bits per heavy atom. The zero-order valence-electron chi connectivity index (χ0n) is 12.7. The first-order chi connectivity index (χ1) is 12.4. The predicted molar refractivity (Wildman–Crippen MR) is 85.0 cm³/mol. The lowest BCUT2D eigenvalue weighted by molar-refractivity contribution is -0.141. The van der Waals surface area contributed by atoms with E-state index in [0.29, 0.717) is 5.69 Å². The third kappa shape index (κ3) is 3.50. The van der Waals surface area contributed by atoms with Crippen LogP contribution in [0, 0.1) is 11.3 Å². The molecular formula is C14H8ClF3N8. The number of hydrogen-bond acceptors (Lipinski definition) is 6. The lowest BCUT2D eigenvalue weighted by atomic mass is 10.2. The highest BCUT2D eigenvalue weighted by atomic mass is 35.5. The van der Waals surface area contributed by atoms with Crippen molar-refractivity contribution < 1.29 is 13.2 Å². The molecule has 1 aromatic carbocycles. The Hall–Kier alpha value is -3.39. The Kier molecular flexibility index (Phi) is 4.59. The van der Waals surface area contributed by atoms with Gasteiger partial charge in [-0.05, 0) is 23.4 Å². The highest BCUT2D eigenvalue weighted by molar-refractivity contribution is 6.33. The summed E-state index contributed by atoms with van der Waals surface area (Å²) in [5.74, 6) is 0.0574. The van der Waals surface area contributed by atoms with Crippen LogP contribution < -0.4 is 5.32 Å². The molecule has 0 aliphatic heterocycles. The maximum absolute atomic E-state index is 12.8. The molecule has 2 aromatic heterocycles. The van der Waals surface area contributed by atoms with Crippen molar-refractivity contribution in [1.29, 1.82) is 5.26 Å². The molecule has 0 aliphatic rings. The molecule has 0 unspecified atom stereocenters. The van der Waals surface area contributed by atoms with Gasteiger partial charge in [0.25, 0.3) is 0 Å². The lowest BCUT2D eigenvalue weighted by Gasteiger charge is -2.11. The molecule has 2 N–H and O–H groups in total. The van der Waals surface area contributed by atoms with Crippen molar-refractivity contribution in [3.05, 3.63) is 53.2 Å². The summed E-state index contributed by atoms with van der Waals surface area (Å²) >= 11 is 6.13. The molecule has 0 aliphatic carbocycles. The van der Waals surface area contributed by atoms with Gasteiger partial charge in [-0.25, -0.2) is 4.68 Å². The highest BCUT2D eigenvalue weighted by Gasteiger charge is 2.34. The molecule has 26 heavy (non-hydrogen) atoms. The number of tetrazole rings is 1. The zero-order chi connectivity index (χ0) is 18.7. The summed E-state index contributed by atoms with van der Waals surface area (Å²) in [6.07, 6.45) is -2.15. The van der Waals surface area contributed by atoms with Crippen LogP contribution in [-0.2, 0) is 6.18 Å². The van der Waals surface area contributed by atoms with Gasteiger partial charge in [-0.2, -0.15) is 28.7 Å². The zero-order valence-corrected chi connectivity index (χ0v) is 13.4. The first-order valence-corrected chi connectivity index (χ1v) is 7.30. The van der Waals surface area contributed by atoms with E-state index in [0.717, 1.165) is 16.9 Å². The van der Waals surface area contributed by atoms with Crippen LogP contribution in [0.3, 0.4) is 0 Å². The van der Waals surface area contributed by atoms with E-state index in [2.05, 4.69) is 31.0 Å². The molecule has 3 rings (SSSR count). The Morgan fingerprint density at radius 2 is 2.15 bits per heavy atom. The molecule has 8 nitrogen and oxygen atoms in total. The minimum atomic E-state index is -4.58. The number of nitrogens with one attached hydrogen (secondary N) is 2. The number of hydrogen-bond donors (Lipinski definition) is 2. The van der Waals surface area contributed by atoms with Gasteiger partial charge in [-0.3, -0.25) is 0 Å². The van der Waals surface area contributed by atoms with Crippen molar-refractivity contribution in [2.45, 2.75) is 6.18 Å². The maximum atomic E-state index is 12.8. The molecule has 132 valence electrons. The van der Waals surface area contributed by atoms with Gasteiger partial charge in [-0.15, -0.1) is 10.2 Å². The van der Waals surface area contributed by atoms with Crippen molar-refractivity contribution in [2.75, 3.05) is 5.32 Å². The third-order valence-electron chi connectivity index (χ3n) is 3.17. The number of rotatable bonds is 4. The molecule has 0 spiro atoms.